The van der Waals surface area contributed by atoms with Gasteiger partial charge in [-0.1, -0.05) is 54.2 Å². The number of ether oxygens (including phenoxy) is 1. The molecule has 0 spiro atoms. The average molecular weight is 392 g/mol. The lowest BCUT2D eigenvalue weighted by Gasteiger charge is -2.17. The fourth-order valence-electron chi connectivity index (χ4n) is 2.61. The third-order valence-corrected chi connectivity index (χ3v) is 4.96. The van der Waals surface area contributed by atoms with Crippen molar-refractivity contribution in [2.45, 2.75) is 11.3 Å². The maximum atomic E-state index is 12.7. The summed E-state index contributed by atoms with van der Waals surface area (Å²) in [4.78, 5) is 20.7. The second kappa shape index (κ2) is 8.53. The lowest BCUT2D eigenvalue weighted by Crippen LogP contribution is -2.14. The van der Waals surface area contributed by atoms with Gasteiger partial charge in [0.2, 0.25) is 0 Å². The van der Waals surface area contributed by atoms with Crippen LogP contribution in [0.4, 0.5) is 0 Å². The van der Waals surface area contributed by atoms with E-state index in [0.717, 1.165) is 11.1 Å². The van der Waals surface area contributed by atoms with Crippen LogP contribution in [0.2, 0.25) is 0 Å². The predicted octanol–water partition coefficient (Wildman–Crippen LogP) is 4.15. The first kappa shape index (κ1) is 18.0. The topological polar surface area (TPSA) is 93.9 Å². The van der Waals surface area contributed by atoms with Gasteiger partial charge in [-0.15, -0.1) is 0 Å². The number of carbonyl (C=O) groups is 1. The van der Waals surface area contributed by atoms with E-state index in [2.05, 4.69) is 20.2 Å². The molecular weight excluding hydrogens is 376 g/mol. The smallest absolute Gasteiger partial charge is 0.338 e. The lowest BCUT2D eigenvalue weighted by atomic mass is 10.1. The molecular formula is C20H16N4O3S. The Labute approximate surface area is 165 Å². The van der Waals surface area contributed by atoms with Crippen molar-refractivity contribution in [3.63, 3.8) is 0 Å². The molecule has 1 N–H and O–H groups in total. The summed E-state index contributed by atoms with van der Waals surface area (Å²) in [6, 6.07) is 16.7. The van der Waals surface area contributed by atoms with Gasteiger partial charge in [-0.05, 0) is 17.7 Å². The fraction of sp³-hybridized carbons (Fsp3) is 0.100. The van der Waals surface area contributed by atoms with E-state index in [9.17, 15) is 4.79 Å². The minimum absolute atomic E-state index is 0.392. The van der Waals surface area contributed by atoms with E-state index < -0.39 is 12.1 Å². The van der Waals surface area contributed by atoms with Crippen LogP contribution in [0.15, 0.2) is 83.1 Å². The van der Waals surface area contributed by atoms with Gasteiger partial charge >= 0.3 is 5.97 Å². The average Bonchev–Trinajstić information content (AvgIpc) is 3.46. The Balaban J connectivity index is 1.48. The van der Waals surface area contributed by atoms with Gasteiger partial charge in [-0.25, -0.2) is 14.8 Å². The highest BCUT2D eigenvalue weighted by Gasteiger charge is 2.19. The molecule has 0 bridgehead atoms. The third kappa shape index (κ3) is 4.29. The zero-order chi connectivity index (χ0) is 19.2. The zero-order valence-electron chi connectivity index (χ0n) is 14.7. The first-order chi connectivity index (χ1) is 13.8. The quantitative estimate of drug-likeness (QED) is 0.373. The Morgan fingerprint density at radius 1 is 1.14 bits per heavy atom. The molecule has 4 rings (SSSR count). The summed E-state index contributed by atoms with van der Waals surface area (Å²) in [6.07, 6.45) is 4.02. The van der Waals surface area contributed by atoms with E-state index in [4.69, 9.17) is 9.15 Å². The number of rotatable bonds is 7. The van der Waals surface area contributed by atoms with Gasteiger partial charge in [-0.2, -0.15) is 5.10 Å². The zero-order valence-corrected chi connectivity index (χ0v) is 15.5. The second-order valence-corrected chi connectivity index (χ2v) is 6.86. The van der Waals surface area contributed by atoms with Crippen molar-refractivity contribution in [3.05, 3.63) is 84.6 Å². The summed E-state index contributed by atoms with van der Waals surface area (Å²) < 4.78 is 11.1. The highest BCUT2D eigenvalue weighted by Crippen LogP contribution is 2.27. The molecule has 0 saturated carbocycles. The number of hydrogen-bond acceptors (Lipinski definition) is 7. The fourth-order valence-corrected chi connectivity index (χ4v) is 3.42. The summed E-state index contributed by atoms with van der Waals surface area (Å²) in [6.45, 7) is 0. The molecule has 8 heteroatoms. The molecule has 2 heterocycles. The highest BCUT2D eigenvalue weighted by molar-refractivity contribution is 7.99. The second-order valence-electron chi connectivity index (χ2n) is 5.85. The van der Waals surface area contributed by atoms with Crippen molar-refractivity contribution in [2.75, 3.05) is 5.75 Å². The molecule has 0 saturated heterocycles. The standard InChI is InChI=1S/C20H16N4O3S/c25-19(16-8-6-15(7-9-16)17-10-21-13-26-17)27-18(14-4-2-1-3-5-14)11-28-20-22-12-23-24-20/h1-10,12-13,18H,11H2,(H,22,23,24)/t18-/m0/s1. The SMILES string of the molecule is O=C(O[C@@H](CSc1ncn[nH]1)c1ccccc1)c1ccc(-c2cnco2)cc1. The largest absolute Gasteiger partial charge is 0.453 e. The van der Waals surface area contributed by atoms with E-state index in [-0.39, 0.29) is 0 Å². The monoisotopic (exact) mass is 392 g/mol. The van der Waals surface area contributed by atoms with Crippen molar-refractivity contribution in [1.82, 2.24) is 20.2 Å². The molecule has 28 heavy (non-hydrogen) atoms. The highest BCUT2D eigenvalue weighted by atomic mass is 32.2. The van der Waals surface area contributed by atoms with Gasteiger partial charge < -0.3 is 9.15 Å². The van der Waals surface area contributed by atoms with Gasteiger partial charge in [-0.3, -0.25) is 5.10 Å². The third-order valence-electron chi connectivity index (χ3n) is 4.02. The Bertz CT molecular complexity index is 1000. The van der Waals surface area contributed by atoms with Crippen LogP contribution in [0.25, 0.3) is 11.3 Å². The number of aromatic nitrogens is 4. The first-order valence-corrected chi connectivity index (χ1v) is 9.51. The summed E-state index contributed by atoms with van der Waals surface area (Å²) in [5, 5.41) is 7.30. The molecule has 2 aromatic carbocycles. The number of nitrogens with zero attached hydrogens (tertiary/aromatic N) is 3. The van der Waals surface area contributed by atoms with Crippen LogP contribution in [-0.4, -0.2) is 31.9 Å². The van der Waals surface area contributed by atoms with Gasteiger partial charge in [0.25, 0.3) is 0 Å². The molecule has 0 aliphatic heterocycles. The van der Waals surface area contributed by atoms with Crippen molar-refractivity contribution < 1.29 is 13.9 Å². The van der Waals surface area contributed by atoms with Crippen molar-refractivity contribution in [2.24, 2.45) is 0 Å². The van der Waals surface area contributed by atoms with Crippen LogP contribution in [0.3, 0.4) is 0 Å². The predicted molar refractivity (Wildman–Crippen MR) is 104 cm³/mol. The summed E-state index contributed by atoms with van der Waals surface area (Å²) >= 11 is 1.44. The Hall–Kier alpha value is -3.39. The Morgan fingerprint density at radius 2 is 1.96 bits per heavy atom. The maximum absolute atomic E-state index is 12.7. The molecule has 0 amide bonds. The van der Waals surface area contributed by atoms with Gasteiger partial charge in [0.15, 0.2) is 17.3 Å². The minimum atomic E-state index is -0.419. The molecule has 1 atom stereocenters. The lowest BCUT2D eigenvalue weighted by molar-refractivity contribution is 0.0347. The van der Waals surface area contributed by atoms with Gasteiger partial charge in [0.05, 0.1) is 11.8 Å². The number of thioether (sulfide) groups is 1. The molecule has 0 radical (unpaired) electrons. The van der Waals surface area contributed by atoms with Gasteiger partial charge in [0, 0.05) is 11.3 Å². The molecule has 140 valence electrons. The van der Waals surface area contributed by atoms with E-state index in [0.29, 0.717) is 22.2 Å². The molecule has 4 aromatic rings. The summed E-state index contributed by atoms with van der Waals surface area (Å²) in [5.41, 5.74) is 2.23. The molecule has 7 nitrogen and oxygen atoms in total. The molecule has 2 aromatic heterocycles. The number of nitrogens with one attached hydrogen (secondary N) is 1. The van der Waals surface area contributed by atoms with Crippen molar-refractivity contribution in [3.8, 4) is 11.3 Å². The van der Waals surface area contributed by atoms with Crippen LogP contribution in [0.1, 0.15) is 22.0 Å². The number of esters is 1. The van der Waals surface area contributed by atoms with E-state index in [1.165, 1.54) is 24.5 Å². The number of aromatic amines is 1. The van der Waals surface area contributed by atoms with E-state index in [1.807, 2.05) is 30.3 Å². The van der Waals surface area contributed by atoms with Gasteiger partial charge in [0.1, 0.15) is 12.4 Å². The molecule has 0 unspecified atom stereocenters. The molecule has 0 aliphatic rings. The maximum Gasteiger partial charge on any atom is 0.338 e. The van der Waals surface area contributed by atoms with Crippen molar-refractivity contribution >= 4 is 17.7 Å². The van der Waals surface area contributed by atoms with E-state index in [1.54, 1.807) is 30.5 Å². The Kier molecular flexibility index (Phi) is 5.48. The number of hydrogen-bond donors (Lipinski definition) is 1. The number of oxazole rings is 1. The minimum Gasteiger partial charge on any atom is -0.453 e. The number of benzene rings is 2. The normalized spacial score (nSPS) is 11.9. The van der Waals surface area contributed by atoms with E-state index >= 15 is 0 Å². The first-order valence-electron chi connectivity index (χ1n) is 8.52. The van der Waals surface area contributed by atoms with Crippen LogP contribution < -0.4 is 0 Å². The van der Waals surface area contributed by atoms with Crippen LogP contribution in [0.5, 0.6) is 0 Å². The number of H-pyrrole nitrogens is 1. The number of carbonyl (C=O) groups excluding carboxylic acids is 1. The van der Waals surface area contributed by atoms with Crippen LogP contribution in [0, 0.1) is 0 Å². The molecule has 0 aliphatic carbocycles. The van der Waals surface area contributed by atoms with Crippen LogP contribution >= 0.6 is 11.8 Å². The van der Waals surface area contributed by atoms with Crippen LogP contribution in [-0.2, 0) is 4.74 Å². The summed E-state index contributed by atoms with van der Waals surface area (Å²) in [7, 11) is 0. The van der Waals surface area contributed by atoms with Crippen molar-refractivity contribution in [1.29, 1.82) is 0 Å². The molecule has 0 fully saturated rings. The Morgan fingerprint density at radius 3 is 2.64 bits per heavy atom. The summed E-state index contributed by atoms with van der Waals surface area (Å²) in [5.74, 6) is 0.767.